The number of para-hydroxylation sites is 1. The van der Waals surface area contributed by atoms with Gasteiger partial charge in [0, 0.05) is 47.3 Å². The predicted octanol–water partition coefficient (Wildman–Crippen LogP) is 5.45. The Kier molecular flexibility index (Phi) is 7.91. The number of H-pyrrole nitrogens is 2. The number of rotatable bonds is 6. The van der Waals surface area contributed by atoms with E-state index in [2.05, 4.69) is 25.0 Å². The molecule has 0 saturated carbocycles. The first-order valence-electron chi connectivity index (χ1n) is 16.0. The molecule has 5 heterocycles. The Hall–Kier alpha value is -5.66. The summed E-state index contributed by atoms with van der Waals surface area (Å²) < 4.78 is 44.0. The largest absolute Gasteiger partial charge is 0.491 e. The number of benzene rings is 2. The Morgan fingerprint density at radius 3 is 2.26 bits per heavy atom. The fourth-order valence-electron chi connectivity index (χ4n) is 6.86. The van der Waals surface area contributed by atoms with Crippen molar-refractivity contribution in [1.82, 2.24) is 30.1 Å². The van der Waals surface area contributed by atoms with Crippen molar-refractivity contribution in [3.63, 3.8) is 0 Å². The molecule has 7 rings (SSSR count). The highest BCUT2D eigenvalue weighted by atomic mass is 19.4. The van der Waals surface area contributed by atoms with Crippen molar-refractivity contribution in [2.45, 2.75) is 51.5 Å². The molecule has 2 aromatic carbocycles. The zero-order chi connectivity index (χ0) is 35.5. The van der Waals surface area contributed by atoms with Gasteiger partial charge < -0.3 is 29.8 Å². The lowest BCUT2D eigenvalue weighted by Crippen LogP contribution is -2.59. The molecule has 258 valence electrons. The van der Waals surface area contributed by atoms with Crippen molar-refractivity contribution in [2.24, 2.45) is 5.41 Å². The summed E-state index contributed by atoms with van der Waals surface area (Å²) in [5.41, 5.74) is 2.30. The number of pyridine rings is 1. The van der Waals surface area contributed by atoms with E-state index in [1.165, 1.54) is 18.2 Å². The maximum absolute atomic E-state index is 14.1. The number of likely N-dealkylation sites (tertiary alicyclic amines) is 2. The molecule has 2 aliphatic heterocycles. The summed E-state index contributed by atoms with van der Waals surface area (Å²) >= 11 is 0. The van der Waals surface area contributed by atoms with Crippen molar-refractivity contribution < 1.29 is 37.1 Å². The van der Waals surface area contributed by atoms with Crippen LogP contribution in [0.2, 0.25) is 0 Å². The molecule has 2 bridgehead atoms. The number of amides is 3. The fraction of sp³-hybridized carbons (Fsp3) is 0.306. The minimum atomic E-state index is -5.29. The predicted molar refractivity (Wildman–Crippen MR) is 177 cm³/mol. The SMILES string of the molecule is CC(C)(C)[C@H](NC(=O)c1[nH]c2ccccc2c1OC(=O)C(F)(F)F)C(=O)N1C[C@@H]2C[C@H]1CN2C(=O)c1cc2cc(-c3ccncc3)ccc2[nH]1. The van der Waals surface area contributed by atoms with Crippen molar-refractivity contribution in [3.8, 4) is 16.9 Å². The van der Waals surface area contributed by atoms with Gasteiger partial charge in [0.1, 0.15) is 17.4 Å². The average Bonchev–Trinajstić information content (AvgIpc) is 3.88. The molecular formula is C36H33F3N6O5. The lowest BCUT2D eigenvalue weighted by molar-refractivity contribution is -0.189. The highest BCUT2D eigenvalue weighted by Gasteiger charge is 2.50. The lowest BCUT2D eigenvalue weighted by Gasteiger charge is -2.39. The number of aromatic nitrogens is 3. The minimum absolute atomic E-state index is 0.0969. The summed E-state index contributed by atoms with van der Waals surface area (Å²) in [7, 11) is 0. The van der Waals surface area contributed by atoms with E-state index >= 15 is 0 Å². The summed E-state index contributed by atoms with van der Waals surface area (Å²) in [5, 5.41) is 3.68. The third-order valence-electron chi connectivity index (χ3n) is 9.35. The van der Waals surface area contributed by atoms with Crippen molar-refractivity contribution in [1.29, 1.82) is 0 Å². The number of esters is 1. The van der Waals surface area contributed by atoms with Gasteiger partial charge in [0.25, 0.3) is 11.8 Å². The maximum atomic E-state index is 14.1. The van der Waals surface area contributed by atoms with Crippen LogP contribution in [0.4, 0.5) is 13.2 Å². The van der Waals surface area contributed by atoms with Gasteiger partial charge >= 0.3 is 12.1 Å². The van der Waals surface area contributed by atoms with Gasteiger partial charge in [-0.2, -0.15) is 13.2 Å². The van der Waals surface area contributed by atoms with Gasteiger partial charge in [-0.05, 0) is 65.4 Å². The zero-order valence-corrected chi connectivity index (χ0v) is 27.3. The number of fused-ring (bicyclic) bond motifs is 4. The van der Waals surface area contributed by atoms with Crippen molar-refractivity contribution in [2.75, 3.05) is 13.1 Å². The lowest BCUT2D eigenvalue weighted by atomic mass is 9.85. The Labute approximate surface area is 283 Å². The number of hydrogen-bond acceptors (Lipinski definition) is 6. The van der Waals surface area contributed by atoms with Gasteiger partial charge in [-0.15, -0.1) is 0 Å². The zero-order valence-electron chi connectivity index (χ0n) is 27.3. The van der Waals surface area contributed by atoms with E-state index in [1.807, 2.05) is 36.4 Å². The number of halogens is 3. The summed E-state index contributed by atoms with van der Waals surface area (Å²) in [6.07, 6.45) is -1.28. The van der Waals surface area contributed by atoms with E-state index in [4.69, 9.17) is 0 Å². The van der Waals surface area contributed by atoms with E-state index in [0.717, 1.165) is 22.0 Å². The number of piperazine rings is 1. The van der Waals surface area contributed by atoms with Crippen LogP contribution in [0.1, 0.15) is 48.2 Å². The Balaban J connectivity index is 1.07. The van der Waals surface area contributed by atoms with E-state index in [-0.39, 0.29) is 41.3 Å². The molecular weight excluding hydrogens is 653 g/mol. The number of nitrogens with one attached hydrogen (secondary N) is 3. The Bertz CT molecular complexity index is 2150. The molecule has 3 N–H and O–H groups in total. The number of hydrogen-bond donors (Lipinski definition) is 3. The minimum Gasteiger partial charge on any atom is -0.417 e. The average molecular weight is 687 g/mol. The molecule has 2 aliphatic rings. The fourth-order valence-corrected chi connectivity index (χ4v) is 6.86. The molecule has 2 saturated heterocycles. The van der Waals surface area contributed by atoms with Crippen LogP contribution in [-0.4, -0.2) is 85.8 Å². The van der Waals surface area contributed by atoms with Crippen molar-refractivity contribution >= 4 is 45.5 Å². The number of ether oxygens (including phenoxy) is 1. The second kappa shape index (κ2) is 12.0. The normalized spacial score (nSPS) is 18.1. The molecule has 2 fully saturated rings. The summed E-state index contributed by atoms with van der Waals surface area (Å²) in [6, 6.07) is 16.0. The quantitative estimate of drug-likeness (QED) is 0.203. The van der Waals surface area contributed by atoms with Crippen LogP contribution in [0.5, 0.6) is 5.75 Å². The van der Waals surface area contributed by atoms with E-state index in [1.54, 1.807) is 49.0 Å². The second-order valence-electron chi connectivity index (χ2n) is 13.7. The van der Waals surface area contributed by atoms with Crippen LogP contribution in [0.3, 0.4) is 0 Å². The van der Waals surface area contributed by atoms with Crippen LogP contribution in [-0.2, 0) is 9.59 Å². The standard InChI is InChI=1S/C36H33F3N6O5/c1-35(2,3)30(43-31(46)28-29(50-34(49)36(37,38)39)24-6-4-5-7-26(24)42-28)33(48)45-18-22-16-23(45)17-44(22)32(47)27-15-21-14-20(8-9-25(21)41-27)19-10-12-40-13-11-19/h4-15,22-23,30,41-42H,16-18H2,1-3H3,(H,43,46)/t22-,23-,30+/m0/s1. The monoisotopic (exact) mass is 686 g/mol. The number of carbonyl (C=O) groups excluding carboxylic acids is 4. The van der Waals surface area contributed by atoms with Gasteiger partial charge in [-0.25, -0.2) is 4.79 Å². The van der Waals surface area contributed by atoms with Crippen LogP contribution in [0.25, 0.3) is 32.9 Å². The first-order valence-corrected chi connectivity index (χ1v) is 16.0. The van der Waals surface area contributed by atoms with Gasteiger partial charge in [0.15, 0.2) is 5.75 Å². The van der Waals surface area contributed by atoms with Crippen molar-refractivity contribution in [3.05, 3.63) is 84.4 Å². The van der Waals surface area contributed by atoms with E-state index in [9.17, 15) is 32.3 Å². The van der Waals surface area contributed by atoms with Gasteiger partial charge in [-0.1, -0.05) is 39.0 Å². The molecule has 3 atom stereocenters. The molecule has 0 radical (unpaired) electrons. The number of carbonyl (C=O) groups is 4. The molecule has 0 spiro atoms. The maximum Gasteiger partial charge on any atom is 0.491 e. The van der Waals surface area contributed by atoms with E-state index < -0.39 is 41.0 Å². The summed E-state index contributed by atoms with van der Waals surface area (Å²) in [4.78, 5) is 66.6. The van der Waals surface area contributed by atoms with Crippen LogP contribution in [0.15, 0.2) is 73.1 Å². The Morgan fingerprint density at radius 1 is 0.880 bits per heavy atom. The summed E-state index contributed by atoms with van der Waals surface area (Å²) in [6.45, 7) is 5.82. The number of alkyl halides is 3. The highest BCUT2D eigenvalue weighted by Crippen LogP contribution is 2.36. The van der Waals surface area contributed by atoms with Gasteiger partial charge in [0.05, 0.1) is 12.1 Å². The van der Waals surface area contributed by atoms with Crippen LogP contribution in [0, 0.1) is 5.41 Å². The molecule has 11 nitrogen and oxygen atoms in total. The summed E-state index contributed by atoms with van der Waals surface area (Å²) in [5.74, 6) is -4.53. The molecule has 5 aromatic rings. The molecule has 3 aromatic heterocycles. The van der Waals surface area contributed by atoms with Crippen LogP contribution < -0.4 is 10.1 Å². The van der Waals surface area contributed by atoms with Gasteiger partial charge in [-0.3, -0.25) is 19.4 Å². The first-order chi connectivity index (χ1) is 23.7. The number of nitrogens with zero attached hydrogens (tertiary/aromatic N) is 3. The highest BCUT2D eigenvalue weighted by molar-refractivity contribution is 6.06. The van der Waals surface area contributed by atoms with Gasteiger partial charge in [0.2, 0.25) is 5.91 Å². The number of aromatic amines is 2. The molecule has 0 unspecified atom stereocenters. The molecule has 3 amide bonds. The molecule has 14 heteroatoms. The second-order valence-corrected chi connectivity index (χ2v) is 13.7. The molecule has 50 heavy (non-hydrogen) atoms. The Morgan fingerprint density at radius 2 is 1.58 bits per heavy atom. The topological polar surface area (TPSA) is 140 Å². The van der Waals surface area contributed by atoms with E-state index in [0.29, 0.717) is 18.7 Å². The first kappa shape index (κ1) is 32.9. The smallest absolute Gasteiger partial charge is 0.417 e. The molecule has 0 aliphatic carbocycles. The third kappa shape index (κ3) is 5.94. The van der Waals surface area contributed by atoms with Crippen LogP contribution >= 0.6 is 0 Å². The third-order valence-corrected chi connectivity index (χ3v) is 9.35.